The van der Waals surface area contributed by atoms with Gasteiger partial charge in [0.15, 0.2) is 0 Å². The number of hydrogen-bond donors (Lipinski definition) is 0. The summed E-state index contributed by atoms with van der Waals surface area (Å²) in [4.78, 5) is 4.23. The zero-order chi connectivity index (χ0) is 7.52. The molecule has 1 aromatic rings. The van der Waals surface area contributed by atoms with Crippen LogP contribution in [0.2, 0.25) is 0 Å². The van der Waals surface area contributed by atoms with E-state index in [2.05, 4.69) is 20.8 Å². The van der Waals surface area contributed by atoms with Gasteiger partial charge in [0, 0.05) is 6.20 Å². The van der Waals surface area contributed by atoms with Crippen molar-refractivity contribution in [3.05, 3.63) is 35.9 Å². The summed E-state index contributed by atoms with van der Waals surface area (Å²) in [6.45, 7) is 0.960. The van der Waals surface area contributed by atoms with Crippen molar-refractivity contribution in [2.75, 3.05) is 10.8 Å². The Morgan fingerprint density at radius 1 is 1.45 bits per heavy atom. The third kappa shape index (κ3) is 1.38. The fourth-order valence-corrected chi connectivity index (χ4v) is 1.65. The van der Waals surface area contributed by atoms with E-state index in [-0.39, 0.29) is 0 Å². The SMILES string of the molecule is C1=CSN(c2ccccn2)C1. The van der Waals surface area contributed by atoms with Crippen LogP contribution in [0.1, 0.15) is 0 Å². The molecule has 2 nitrogen and oxygen atoms in total. The Morgan fingerprint density at radius 2 is 2.45 bits per heavy atom. The molecule has 2 rings (SSSR count). The molecule has 0 spiro atoms. The standard InChI is InChI=1S/C8H8N2S/c1-2-5-9-8(4-1)10-6-3-7-11-10/h1-5,7H,6H2. The molecule has 1 aliphatic heterocycles. The van der Waals surface area contributed by atoms with Crippen LogP contribution >= 0.6 is 11.9 Å². The van der Waals surface area contributed by atoms with Gasteiger partial charge in [-0.1, -0.05) is 12.1 Å². The molecular weight excluding hydrogens is 156 g/mol. The number of rotatable bonds is 1. The van der Waals surface area contributed by atoms with Crippen LogP contribution in [0.15, 0.2) is 35.9 Å². The molecule has 0 atom stereocenters. The summed E-state index contributed by atoms with van der Waals surface area (Å²) < 4.78 is 2.14. The largest absolute Gasteiger partial charge is 0.293 e. The van der Waals surface area contributed by atoms with Crippen molar-refractivity contribution < 1.29 is 0 Å². The van der Waals surface area contributed by atoms with Crippen LogP contribution in [0.25, 0.3) is 0 Å². The molecular formula is C8H8N2S. The van der Waals surface area contributed by atoms with Gasteiger partial charge in [0.25, 0.3) is 0 Å². The van der Waals surface area contributed by atoms with Crippen molar-refractivity contribution >= 4 is 17.8 Å². The molecule has 56 valence electrons. The van der Waals surface area contributed by atoms with Crippen LogP contribution in [-0.2, 0) is 0 Å². The van der Waals surface area contributed by atoms with E-state index >= 15 is 0 Å². The second-order valence-corrected chi connectivity index (χ2v) is 3.15. The molecule has 1 aliphatic rings. The molecule has 2 heterocycles. The van der Waals surface area contributed by atoms with Gasteiger partial charge >= 0.3 is 0 Å². The van der Waals surface area contributed by atoms with Gasteiger partial charge in [0.05, 0.1) is 6.54 Å². The van der Waals surface area contributed by atoms with Crippen LogP contribution in [-0.4, -0.2) is 11.5 Å². The van der Waals surface area contributed by atoms with Gasteiger partial charge in [-0.25, -0.2) is 4.98 Å². The lowest BCUT2D eigenvalue weighted by molar-refractivity contribution is 1.15. The van der Waals surface area contributed by atoms with Crippen molar-refractivity contribution in [3.8, 4) is 0 Å². The maximum Gasteiger partial charge on any atom is 0.138 e. The number of hydrogen-bond acceptors (Lipinski definition) is 3. The molecule has 0 bridgehead atoms. The van der Waals surface area contributed by atoms with E-state index in [1.54, 1.807) is 11.9 Å². The van der Waals surface area contributed by atoms with Gasteiger partial charge < -0.3 is 0 Å². The lowest BCUT2D eigenvalue weighted by atomic mass is 10.4. The number of anilines is 1. The molecule has 0 unspecified atom stereocenters. The molecule has 0 saturated carbocycles. The van der Waals surface area contributed by atoms with E-state index in [0.29, 0.717) is 0 Å². The fraction of sp³-hybridized carbons (Fsp3) is 0.125. The monoisotopic (exact) mass is 164 g/mol. The molecule has 0 aliphatic carbocycles. The fourth-order valence-electron chi connectivity index (χ4n) is 0.947. The number of pyridine rings is 1. The molecule has 0 N–H and O–H groups in total. The molecule has 0 radical (unpaired) electrons. The predicted molar refractivity (Wildman–Crippen MR) is 48.3 cm³/mol. The maximum absolute atomic E-state index is 4.23. The third-order valence-electron chi connectivity index (χ3n) is 1.46. The Bertz CT molecular complexity index is 250. The highest BCUT2D eigenvalue weighted by molar-refractivity contribution is 8.03. The van der Waals surface area contributed by atoms with Crippen LogP contribution in [0.3, 0.4) is 0 Å². The summed E-state index contributed by atoms with van der Waals surface area (Å²) in [7, 11) is 0. The maximum atomic E-state index is 4.23. The summed E-state index contributed by atoms with van der Waals surface area (Å²) in [5, 5.41) is 2.08. The summed E-state index contributed by atoms with van der Waals surface area (Å²) in [6.07, 6.45) is 3.94. The van der Waals surface area contributed by atoms with Crippen molar-refractivity contribution in [3.63, 3.8) is 0 Å². The average molecular weight is 164 g/mol. The minimum Gasteiger partial charge on any atom is -0.293 e. The minimum atomic E-state index is 0.960. The van der Waals surface area contributed by atoms with E-state index in [9.17, 15) is 0 Å². The predicted octanol–water partition coefficient (Wildman–Crippen LogP) is 2.06. The van der Waals surface area contributed by atoms with Crippen LogP contribution < -0.4 is 4.31 Å². The van der Waals surface area contributed by atoms with E-state index in [1.807, 2.05) is 24.4 Å². The lowest BCUT2D eigenvalue weighted by Gasteiger charge is -2.13. The van der Waals surface area contributed by atoms with Crippen molar-refractivity contribution in [2.24, 2.45) is 0 Å². The first kappa shape index (κ1) is 6.73. The molecule has 0 saturated heterocycles. The summed E-state index contributed by atoms with van der Waals surface area (Å²) in [5.41, 5.74) is 0. The van der Waals surface area contributed by atoms with Gasteiger partial charge in [0.2, 0.25) is 0 Å². The van der Waals surface area contributed by atoms with Gasteiger partial charge in [0.1, 0.15) is 5.82 Å². The third-order valence-corrected chi connectivity index (χ3v) is 2.37. The van der Waals surface area contributed by atoms with Crippen LogP contribution in [0, 0.1) is 0 Å². The Balaban J connectivity index is 2.17. The average Bonchev–Trinajstić information content (AvgIpc) is 2.58. The zero-order valence-electron chi connectivity index (χ0n) is 5.97. The highest BCUT2D eigenvalue weighted by Gasteiger charge is 2.07. The normalized spacial score (nSPS) is 15.8. The van der Waals surface area contributed by atoms with Gasteiger partial charge in [-0.2, -0.15) is 0 Å². The zero-order valence-corrected chi connectivity index (χ0v) is 6.79. The molecule has 11 heavy (non-hydrogen) atoms. The molecule has 0 fully saturated rings. The second-order valence-electron chi connectivity index (χ2n) is 2.23. The van der Waals surface area contributed by atoms with E-state index < -0.39 is 0 Å². The van der Waals surface area contributed by atoms with Gasteiger partial charge in [-0.3, -0.25) is 4.31 Å². The highest BCUT2D eigenvalue weighted by Crippen LogP contribution is 2.24. The second kappa shape index (κ2) is 2.96. The molecule has 0 aromatic carbocycles. The minimum absolute atomic E-state index is 0.960. The van der Waals surface area contributed by atoms with Gasteiger partial charge in [-0.15, -0.1) is 0 Å². The van der Waals surface area contributed by atoms with Crippen LogP contribution in [0.5, 0.6) is 0 Å². The lowest BCUT2D eigenvalue weighted by Crippen LogP contribution is -2.10. The van der Waals surface area contributed by atoms with E-state index in [1.165, 1.54) is 0 Å². The first-order valence-electron chi connectivity index (χ1n) is 3.47. The van der Waals surface area contributed by atoms with Gasteiger partial charge in [-0.05, 0) is 29.5 Å². The Hall–Kier alpha value is -0.960. The topological polar surface area (TPSA) is 16.1 Å². The Labute approximate surface area is 70.1 Å². The first-order valence-corrected chi connectivity index (χ1v) is 4.31. The van der Waals surface area contributed by atoms with Crippen molar-refractivity contribution in [2.45, 2.75) is 0 Å². The Kier molecular flexibility index (Phi) is 1.81. The number of nitrogens with zero attached hydrogens (tertiary/aromatic N) is 2. The molecule has 1 aromatic heterocycles. The molecule has 0 amide bonds. The summed E-state index contributed by atoms with van der Waals surface area (Å²) >= 11 is 1.69. The molecule has 3 heteroatoms. The first-order chi connectivity index (χ1) is 5.47. The van der Waals surface area contributed by atoms with Crippen molar-refractivity contribution in [1.82, 2.24) is 4.98 Å². The van der Waals surface area contributed by atoms with E-state index in [4.69, 9.17) is 0 Å². The summed E-state index contributed by atoms with van der Waals surface area (Å²) in [6, 6.07) is 5.94. The Morgan fingerprint density at radius 3 is 3.09 bits per heavy atom. The number of aromatic nitrogens is 1. The summed E-state index contributed by atoms with van der Waals surface area (Å²) in [5.74, 6) is 1.03. The highest BCUT2D eigenvalue weighted by atomic mass is 32.2. The van der Waals surface area contributed by atoms with E-state index in [0.717, 1.165) is 12.4 Å². The quantitative estimate of drug-likeness (QED) is 0.591. The smallest absolute Gasteiger partial charge is 0.138 e. The van der Waals surface area contributed by atoms with Crippen LogP contribution in [0.4, 0.5) is 5.82 Å². The van der Waals surface area contributed by atoms with Crippen molar-refractivity contribution in [1.29, 1.82) is 0 Å².